The fraction of sp³-hybridized carbons (Fsp3) is 0.0870. The highest BCUT2D eigenvalue weighted by Gasteiger charge is 2.47. The molecule has 1 fully saturated rings. The van der Waals surface area contributed by atoms with Gasteiger partial charge in [-0.05, 0) is 54.4 Å². The number of aliphatic hydroxyl groups is 1. The van der Waals surface area contributed by atoms with Crippen LogP contribution in [0, 0.1) is 6.92 Å². The first-order valence-electron chi connectivity index (χ1n) is 9.11. The van der Waals surface area contributed by atoms with Crippen LogP contribution in [0.5, 0.6) is 0 Å². The molecule has 30 heavy (non-hydrogen) atoms. The number of halogens is 2. The van der Waals surface area contributed by atoms with Crippen LogP contribution in [-0.2, 0) is 9.59 Å². The summed E-state index contributed by atoms with van der Waals surface area (Å²) in [5, 5.41) is 11.5. The quantitative estimate of drug-likeness (QED) is 0.306. The van der Waals surface area contributed by atoms with Crippen LogP contribution in [0.15, 0.2) is 77.0 Å². The van der Waals surface area contributed by atoms with Crippen LogP contribution in [0.4, 0.5) is 5.69 Å². The zero-order valence-corrected chi connectivity index (χ0v) is 18.2. The standard InChI is InChI=1S/C23H16BrClN2O3/c1-13-2-7-17(25)12-18(13)27-20(14-8-10-26-11-9-14)19(22(29)23(27)30)21(28)15-3-5-16(24)6-4-15/h2-12,20,28H,1H3/b21-19+. The average molecular weight is 484 g/mol. The molecule has 0 radical (unpaired) electrons. The minimum absolute atomic E-state index is 0.0212. The summed E-state index contributed by atoms with van der Waals surface area (Å²) in [4.78, 5) is 31.6. The van der Waals surface area contributed by atoms with E-state index in [2.05, 4.69) is 20.9 Å². The number of carbonyl (C=O) groups is 2. The first-order valence-corrected chi connectivity index (χ1v) is 10.3. The third-order valence-electron chi connectivity index (χ3n) is 5.01. The third-order valence-corrected chi connectivity index (χ3v) is 5.78. The molecule has 7 heteroatoms. The van der Waals surface area contributed by atoms with Gasteiger partial charge in [0, 0.05) is 33.1 Å². The fourth-order valence-electron chi connectivity index (χ4n) is 3.55. The van der Waals surface area contributed by atoms with Gasteiger partial charge in [0.05, 0.1) is 11.6 Å². The molecule has 1 aliphatic heterocycles. The smallest absolute Gasteiger partial charge is 0.300 e. The van der Waals surface area contributed by atoms with Gasteiger partial charge in [-0.15, -0.1) is 0 Å². The van der Waals surface area contributed by atoms with Crippen molar-refractivity contribution >= 4 is 50.7 Å². The Morgan fingerprint density at radius 1 is 1.07 bits per heavy atom. The maximum atomic E-state index is 13.1. The summed E-state index contributed by atoms with van der Waals surface area (Å²) in [5.41, 5.74) is 2.42. The molecular formula is C23H16BrClN2O3. The zero-order chi connectivity index (χ0) is 21.4. The van der Waals surface area contributed by atoms with Gasteiger partial charge >= 0.3 is 0 Å². The zero-order valence-electron chi connectivity index (χ0n) is 15.8. The number of carbonyl (C=O) groups excluding carboxylic acids is 2. The molecule has 0 bridgehead atoms. The minimum atomic E-state index is -0.811. The van der Waals surface area contributed by atoms with Gasteiger partial charge < -0.3 is 5.11 Å². The molecule has 1 unspecified atom stereocenters. The van der Waals surface area contributed by atoms with Gasteiger partial charge in [0.2, 0.25) is 0 Å². The predicted octanol–water partition coefficient (Wildman–Crippen LogP) is 5.43. The second-order valence-corrected chi connectivity index (χ2v) is 8.24. The molecule has 0 aliphatic carbocycles. The monoisotopic (exact) mass is 482 g/mol. The number of rotatable bonds is 3. The van der Waals surface area contributed by atoms with Gasteiger partial charge in [-0.1, -0.05) is 45.7 Å². The number of nitrogens with zero attached hydrogens (tertiary/aromatic N) is 2. The molecular weight excluding hydrogens is 468 g/mol. The Hall–Kier alpha value is -2.96. The number of benzene rings is 2. The summed E-state index contributed by atoms with van der Waals surface area (Å²) in [5.74, 6) is -1.71. The van der Waals surface area contributed by atoms with Crippen molar-refractivity contribution in [1.29, 1.82) is 0 Å². The predicted molar refractivity (Wildman–Crippen MR) is 119 cm³/mol. The van der Waals surface area contributed by atoms with Crippen LogP contribution in [0.2, 0.25) is 5.02 Å². The third kappa shape index (κ3) is 3.53. The molecule has 0 spiro atoms. The first kappa shape index (κ1) is 20.3. The summed E-state index contributed by atoms with van der Waals surface area (Å²) in [6, 6.07) is 14.7. The molecule has 2 heterocycles. The van der Waals surface area contributed by atoms with Crippen molar-refractivity contribution in [3.05, 3.63) is 98.7 Å². The van der Waals surface area contributed by atoms with Gasteiger partial charge in [0.1, 0.15) is 5.76 Å². The molecule has 1 aromatic heterocycles. The van der Waals surface area contributed by atoms with E-state index in [0.717, 1.165) is 10.0 Å². The highest BCUT2D eigenvalue weighted by molar-refractivity contribution is 9.10. The first-order chi connectivity index (χ1) is 14.4. The minimum Gasteiger partial charge on any atom is -0.507 e. The van der Waals surface area contributed by atoms with E-state index in [1.165, 1.54) is 4.90 Å². The van der Waals surface area contributed by atoms with Crippen LogP contribution in [0.25, 0.3) is 5.76 Å². The second kappa shape index (κ2) is 8.05. The number of anilines is 1. The van der Waals surface area contributed by atoms with E-state index in [4.69, 9.17) is 11.6 Å². The maximum Gasteiger partial charge on any atom is 0.300 e. The van der Waals surface area contributed by atoms with Crippen molar-refractivity contribution in [2.24, 2.45) is 0 Å². The number of aliphatic hydroxyl groups excluding tert-OH is 1. The van der Waals surface area contributed by atoms with E-state index in [9.17, 15) is 14.7 Å². The van der Waals surface area contributed by atoms with Gasteiger partial charge in [0.15, 0.2) is 0 Å². The fourth-order valence-corrected chi connectivity index (χ4v) is 3.98. The van der Waals surface area contributed by atoms with Crippen molar-refractivity contribution in [1.82, 2.24) is 4.98 Å². The number of aromatic nitrogens is 1. The number of pyridine rings is 1. The van der Waals surface area contributed by atoms with E-state index in [0.29, 0.717) is 21.8 Å². The van der Waals surface area contributed by atoms with Crippen LogP contribution in [0.3, 0.4) is 0 Å². The number of ketones is 1. The Morgan fingerprint density at radius 2 is 1.73 bits per heavy atom. The molecule has 5 nitrogen and oxygen atoms in total. The molecule has 1 N–H and O–H groups in total. The lowest BCUT2D eigenvalue weighted by Gasteiger charge is -2.26. The Balaban J connectivity index is 1.97. The Kier molecular flexibility index (Phi) is 5.45. The van der Waals surface area contributed by atoms with Crippen molar-refractivity contribution < 1.29 is 14.7 Å². The largest absolute Gasteiger partial charge is 0.507 e. The number of hydrogen-bond donors (Lipinski definition) is 1. The molecule has 1 amide bonds. The maximum absolute atomic E-state index is 13.1. The lowest BCUT2D eigenvalue weighted by molar-refractivity contribution is -0.132. The molecule has 1 saturated heterocycles. The number of hydrogen-bond acceptors (Lipinski definition) is 4. The van der Waals surface area contributed by atoms with E-state index < -0.39 is 17.7 Å². The normalized spacial score (nSPS) is 18.1. The van der Waals surface area contributed by atoms with Crippen molar-refractivity contribution in [2.45, 2.75) is 13.0 Å². The van der Waals surface area contributed by atoms with Crippen molar-refractivity contribution in [2.75, 3.05) is 4.90 Å². The molecule has 1 aliphatic rings. The SMILES string of the molecule is Cc1ccc(Cl)cc1N1C(=O)C(=O)/C(=C(/O)c2ccc(Br)cc2)C1c1ccncc1. The van der Waals surface area contributed by atoms with Crippen LogP contribution >= 0.6 is 27.5 Å². The van der Waals surface area contributed by atoms with E-state index in [1.54, 1.807) is 67.0 Å². The lowest BCUT2D eigenvalue weighted by atomic mass is 9.95. The summed E-state index contributed by atoms with van der Waals surface area (Å²) in [7, 11) is 0. The van der Waals surface area contributed by atoms with Gasteiger partial charge in [0.25, 0.3) is 11.7 Å². The summed E-state index contributed by atoms with van der Waals surface area (Å²) in [6.07, 6.45) is 3.17. The topological polar surface area (TPSA) is 70.5 Å². The lowest BCUT2D eigenvalue weighted by Crippen LogP contribution is -2.30. The summed E-state index contributed by atoms with van der Waals surface area (Å²) in [6.45, 7) is 1.84. The summed E-state index contributed by atoms with van der Waals surface area (Å²) >= 11 is 9.54. The Bertz CT molecular complexity index is 1180. The molecule has 3 aromatic rings. The molecule has 150 valence electrons. The number of Topliss-reactive ketones (excluding diaryl/α,β-unsaturated/α-hetero) is 1. The molecule has 2 aromatic carbocycles. The van der Waals surface area contributed by atoms with Crippen LogP contribution in [-0.4, -0.2) is 21.8 Å². The van der Waals surface area contributed by atoms with Gasteiger partial charge in [-0.25, -0.2) is 0 Å². The highest BCUT2D eigenvalue weighted by Crippen LogP contribution is 2.43. The van der Waals surface area contributed by atoms with E-state index in [-0.39, 0.29) is 11.3 Å². The highest BCUT2D eigenvalue weighted by atomic mass is 79.9. The Morgan fingerprint density at radius 3 is 2.40 bits per heavy atom. The van der Waals surface area contributed by atoms with E-state index >= 15 is 0 Å². The molecule has 4 rings (SSSR count). The summed E-state index contributed by atoms with van der Waals surface area (Å²) < 4.78 is 0.833. The van der Waals surface area contributed by atoms with Gasteiger partial charge in [-0.3, -0.25) is 19.5 Å². The second-order valence-electron chi connectivity index (χ2n) is 6.89. The van der Waals surface area contributed by atoms with E-state index in [1.807, 2.05) is 6.92 Å². The molecule has 1 atom stereocenters. The number of amides is 1. The Labute approximate surface area is 186 Å². The number of aryl methyl sites for hydroxylation is 1. The average Bonchev–Trinajstić information content (AvgIpc) is 3.01. The van der Waals surface area contributed by atoms with Crippen LogP contribution in [0.1, 0.15) is 22.7 Å². The molecule has 0 saturated carbocycles. The van der Waals surface area contributed by atoms with Gasteiger partial charge in [-0.2, -0.15) is 0 Å². The van der Waals surface area contributed by atoms with Crippen molar-refractivity contribution in [3.8, 4) is 0 Å². The van der Waals surface area contributed by atoms with Crippen LogP contribution < -0.4 is 4.90 Å². The van der Waals surface area contributed by atoms with Crippen molar-refractivity contribution in [3.63, 3.8) is 0 Å².